The van der Waals surface area contributed by atoms with Gasteiger partial charge in [0.1, 0.15) is 11.6 Å². The summed E-state index contributed by atoms with van der Waals surface area (Å²) in [5.41, 5.74) is -1.42. The Hall–Kier alpha value is -2.94. The first kappa shape index (κ1) is 16.9. The van der Waals surface area contributed by atoms with E-state index in [-0.39, 0.29) is 11.3 Å². The lowest BCUT2D eigenvalue weighted by molar-refractivity contribution is -0.132. The van der Waals surface area contributed by atoms with Crippen molar-refractivity contribution < 1.29 is 23.5 Å². The standard InChI is InChI=1S/C16H14F2N4O3/c1-16(13-7-19-4-5-20-13)14(24)22(15(25)21-16)8-12(23)10-3-2-9(17)6-11(10)18/h2-7,12,23H,8H2,1H3,(H,21,25)/t12-,16+/m1/s1. The number of β-amino-alcohol motifs (C(OH)–C–C–N with tert-alkyl or cyclic N) is 1. The second kappa shape index (κ2) is 6.17. The van der Waals surface area contributed by atoms with E-state index in [1.54, 1.807) is 0 Å². The third-order valence-electron chi connectivity index (χ3n) is 4.03. The zero-order valence-corrected chi connectivity index (χ0v) is 13.1. The molecule has 0 bridgehead atoms. The van der Waals surface area contributed by atoms with E-state index in [4.69, 9.17) is 0 Å². The molecule has 2 heterocycles. The molecule has 9 heteroatoms. The molecule has 1 aliphatic heterocycles. The van der Waals surface area contributed by atoms with Gasteiger partial charge in [0.2, 0.25) is 0 Å². The monoisotopic (exact) mass is 348 g/mol. The fourth-order valence-electron chi connectivity index (χ4n) is 2.64. The van der Waals surface area contributed by atoms with Crippen LogP contribution in [0.25, 0.3) is 0 Å². The molecule has 2 atom stereocenters. The summed E-state index contributed by atoms with van der Waals surface area (Å²) in [6.07, 6.45) is 2.65. The third-order valence-corrected chi connectivity index (χ3v) is 4.03. The van der Waals surface area contributed by atoms with E-state index < -0.39 is 41.8 Å². The summed E-state index contributed by atoms with van der Waals surface area (Å²) in [6.45, 7) is 0.977. The number of benzene rings is 1. The molecule has 0 spiro atoms. The van der Waals surface area contributed by atoms with Gasteiger partial charge in [0.05, 0.1) is 24.5 Å². The Bertz CT molecular complexity index is 833. The molecule has 130 valence electrons. The molecule has 0 radical (unpaired) electrons. The largest absolute Gasteiger partial charge is 0.386 e. The minimum absolute atomic E-state index is 0.213. The highest BCUT2D eigenvalue weighted by Crippen LogP contribution is 2.29. The van der Waals surface area contributed by atoms with E-state index in [0.29, 0.717) is 6.07 Å². The van der Waals surface area contributed by atoms with E-state index >= 15 is 0 Å². The average molecular weight is 348 g/mol. The van der Waals surface area contributed by atoms with Crippen LogP contribution in [0.5, 0.6) is 0 Å². The first-order valence-corrected chi connectivity index (χ1v) is 7.36. The average Bonchev–Trinajstić information content (AvgIpc) is 2.80. The summed E-state index contributed by atoms with van der Waals surface area (Å²) < 4.78 is 26.7. The number of carbonyl (C=O) groups is 2. The Morgan fingerprint density at radius 3 is 2.72 bits per heavy atom. The van der Waals surface area contributed by atoms with Crippen LogP contribution in [-0.4, -0.2) is 38.5 Å². The second-order valence-corrected chi connectivity index (χ2v) is 5.74. The minimum Gasteiger partial charge on any atom is -0.386 e. The van der Waals surface area contributed by atoms with E-state index in [1.165, 1.54) is 25.5 Å². The third kappa shape index (κ3) is 2.93. The molecular weight excluding hydrogens is 334 g/mol. The first-order chi connectivity index (χ1) is 11.8. The van der Waals surface area contributed by atoms with Crippen LogP contribution in [-0.2, 0) is 10.3 Å². The molecule has 1 aliphatic rings. The Labute approximate surface area is 141 Å². The molecule has 0 unspecified atom stereocenters. The van der Waals surface area contributed by atoms with Crippen molar-refractivity contribution in [3.63, 3.8) is 0 Å². The van der Waals surface area contributed by atoms with Gasteiger partial charge < -0.3 is 10.4 Å². The maximum absolute atomic E-state index is 13.8. The van der Waals surface area contributed by atoms with Gasteiger partial charge in [-0.15, -0.1) is 0 Å². The van der Waals surface area contributed by atoms with Crippen LogP contribution < -0.4 is 5.32 Å². The van der Waals surface area contributed by atoms with Crippen LogP contribution in [0, 0.1) is 11.6 Å². The van der Waals surface area contributed by atoms with E-state index in [2.05, 4.69) is 15.3 Å². The van der Waals surface area contributed by atoms with Gasteiger partial charge in [-0.05, 0) is 13.0 Å². The quantitative estimate of drug-likeness (QED) is 0.811. The molecule has 0 saturated carbocycles. The van der Waals surface area contributed by atoms with Crippen LogP contribution in [0.2, 0.25) is 0 Å². The van der Waals surface area contributed by atoms with Gasteiger partial charge in [-0.2, -0.15) is 0 Å². The smallest absolute Gasteiger partial charge is 0.325 e. The maximum Gasteiger partial charge on any atom is 0.325 e. The van der Waals surface area contributed by atoms with Crippen LogP contribution in [0.4, 0.5) is 13.6 Å². The molecule has 1 saturated heterocycles. The molecule has 2 aromatic rings. The number of hydrogen-bond acceptors (Lipinski definition) is 5. The molecule has 2 N–H and O–H groups in total. The lowest BCUT2D eigenvalue weighted by Crippen LogP contribution is -2.42. The van der Waals surface area contributed by atoms with E-state index in [0.717, 1.165) is 17.0 Å². The van der Waals surface area contributed by atoms with E-state index in [1.807, 2.05) is 0 Å². The highest BCUT2D eigenvalue weighted by atomic mass is 19.1. The number of hydrogen-bond donors (Lipinski definition) is 2. The Morgan fingerprint density at radius 1 is 1.32 bits per heavy atom. The van der Waals surface area contributed by atoms with E-state index in [9.17, 15) is 23.5 Å². The van der Waals surface area contributed by atoms with Crippen LogP contribution in [0.1, 0.15) is 24.3 Å². The van der Waals surface area contributed by atoms with Gasteiger partial charge in [-0.25, -0.2) is 13.6 Å². The number of amides is 3. The molecule has 25 heavy (non-hydrogen) atoms. The van der Waals surface area contributed by atoms with Crippen molar-refractivity contribution in [2.45, 2.75) is 18.6 Å². The first-order valence-electron chi connectivity index (χ1n) is 7.36. The zero-order chi connectivity index (χ0) is 18.2. The number of carbonyl (C=O) groups excluding carboxylic acids is 2. The van der Waals surface area contributed by atoms with Crippen molar-refractivity contribution in [2.75, 3.05) is 6.54 Å². The SMILES string of the molecule is C[C@@]1(c2cnccn2)NC(=O)N(C[C@@H](O)c2ccc(F)cc2F)C1=O. The van der Waals surface area contributed by atoms with Crippen LogP contribution >= 0.6 is 0 Å². The van der Waals surface area contributed by atoms with Crippen molar-refractivity contribution in [3.05, 3.63) is 59.7 Å². The number of halogens is 2. The summed E-state index contributed by atoms with van der Waals surface area (Å²) >= 11 is 0. The predicted molar refractivity (Wildman–Crippen MR) is 80.9 cm³/mol. The molecule has 0 aliphatic carbocycles. The number of rotatable bonds is 4. The summed E-state index contributed by atoms with van der Waals surface area (Å²) in [5.74, 6) is -2.41. The number of nitrogens with zero attached hydrogens (tertiary/aromatic N) is 3. The van der Waals surface area contributed by atoms with Gasteiger partial charge in [-0.3, -0.25) is 19.7 Å². The lowest BCUT2D eigenvalue weighted by atomic mass is 9.98. The highest BCUT2D eigenvalue weighted by Gasteiger charge is 2.50. The highest BCUT2D eigenvalue weighted by molar-refractivity contribution is 6.07. The van der Waals surface area contributed by atoms with Crippen molar-refractivity contribution in [1.82, 2.24) is 20.2 Å². The van der Waals surface area contributed by atoms with Gasteiger partial charge >= 0.3 is 6.03 Å². The number of urea groups is 1. The molecule has 3 rings (SSSR count). The summed E-state index contributed by atoms with van der Waals surface area (Å²) in [4.78, 5) is 33.5. The Balaban J connectivity index is 1.84. The molecule has 1 aromatic heterocycles. The zero-order valence-electron chi connectivity index (χ0n) is 13.1. The number of aromatic nitrogens is 2. The number of nitrogens with one attached hydrogen (secondary N) is 1. The molecular formula is C16H14F2N4O3. The lowest BCUT2D eigenvalue weighted by Gasteiger charge is -2.22. The van der Waals surface area contributed by atoms with Crippen molar-refractivity contribution in [2.24, 2.45) is 0 Å². The van der Waals surface area contributed by atoms with Crippen LogP contribution in [0.15, 0.2) is 36.8 Å². The number of aliphatic hydroxyl groups excluding tert-OH is 1. The van der Waals surface area contributed by atoms with Crippen LogP contribution in [0.3, 0.4) is 0 Å². The maximum atomic E-state index is 13.8. The Morgan fingerprint density at radius 2 is 2.08 bits per heavy atom. The molecule has 3 amide bonds. The van der Waals surface area contributed by atoms with Crippen molar-refractivity contribution in [3.8, 4) is 0 Å². The van der Waals surface area contributed by atoms with Crippen molar-refractivity contribution >= 4 is 11.9 Å². The number of imide groups is 1. The minimum atomic E-state index is -1.50. The molecule has 1 fully saturated rings. The van der Waals surface area contributed by atoms with Gasteiger partial charge in [0.25, 0.3) is 5.91 Å². The topological polar surface area (TPSA) is 95.4 Å². The summed E-state index contributed by atoms with van der Waals surface area (Å²) in [5, 5.41) is 12.7. The fraction of sp³-hybridized carbons (Fsp3) is 0.250. The normalized spacial score (nSPS) is 21.4. The molecule has 1 aromatic carbocycles. The van der Waals surface area contributed by atoms with Gasteiger partial charge in [0, 0.05) is 24.0 Å². The van der Waals surface area contributed by atoms with Crippen molar-refractivity contribution in [1.29, 1.82) is 0 Å². The fourth-order valence-corrected chi connectivity index (χ4v) is 2.64. The Kier molecular flexibility index (Phi) is 4.17. The predicted octanol–water partition coefficient (Wildman–Crippen LogP) is 1.26. The summed E-state index contributed by atoms with van der Waals surface area (Å²) in [7, 11) is 0. The van der Waals surface area contributed by atoms with Gasteiger partial charge in [0.15, 0.2) is 5.54 Å². The second-order valence-electron chi connectivity index (χ2n) is 5.74. The molecule has 7 nitrogen and oxygen atoms in total. The summed E-state index contributed by atoms with van der Waals surface area (Å²) in [6, 6.07) is 1.92. The van der Waals surface area contributed by atoms with Gasteiger partial charge in [-0.1, -0.05) is 6.07 Å². The number of aliphatic hydroxyl groups is 1.